The molecule has 7 rings (SSSR count). The van der Waals surface area contributed by atoms with Gasteiger partial charge in [0.2, 0.25) is 0 Å². The van der Waals surface area contributed by atoms with Crippen molar-refractivity contribution in [2.75, 3.05) is 45.0 Å². The van der Waals surface area contributed by atoms with Gasteiger partial charge in [0.05, 0.1) is 44.2 Å². The summed E-state index contributed by atoms with van der Waals surface area (Å²) in [4.78, 5) is 35.5. The summed E-state index contributed by atoms with van der Waals surface area (Å²) in [5.41, 5.74) is 9.38. The Hall–Kier alpha value is -6.41. The number of aromatic hydroxyl groups is 2. The zero-order chi connectivity index (χ0) is 48.3. The second-order valence-electron chi connectivity index (χ2n) is 15.9. The lowest BCUT2D eigenvalue weighted by Gasteiger charge is -2.11. The van der Waals surface area contributed by atoms with E-state index < -0.39 is 24.5 Å². The molecule has 0 aromatic heterocycles. The number of phenols is 2. The summed E-state index contributed by atoms with van der Waals surface area (Å²) in [5.74, 6) is 1.29. The molecule has 0 saturated carbocycles. The van der Waals surface area contributed by atoms with Crippen molar-refractivity contribution < 1.29 is 58.5 Å². The first-order valence-electron chi connectivity index (χ1n) is 22.3. The first-order chi connectivity index (χ1) is 32.4. The van der Waals surface area contributed by atoms with Gasteiger partial charge in [-0.05, 0) is 149 Å². The molecule has 0 spiro atoms. The topological polar surface area (TPSA) is 178 Å². The number of fused-ring (bicyclic) bond motifs is 6. The van der Waals surface area contributed by atoms with Crippen molar-refractivity contribution in [3.05, 3.63) is 150 Å². The van der Waals surface area contributed by atoms with Gasteiger partial charge in [0.1, 0.15) is 28.7 Å². The Bertz CT molecular complexity index is 2430. The number of phenolic OH excluding ortho intramolecular Hbond substituents is 2. The predicted octanol–water partition coefficient (Wildman–Crippen LogP) is 10.6. The Morgan fingerprint density at radius 2 is 1.07 bits per heavy atom. The Morgan fingerprint density at radius 1 is 0.597 bits per heavy atom. The number of ether oxygens (including phenoxy) is 5. The molecule has 0 radical (unpaired) electrons. The number of esters is 3. The van der Waals surface area contributed by atoms with E-state index in [1.807, 2.05) is 42.5 Å². The molecule has 12 nitrogen and oxygen atoms in total. The highest BCUT2D eigenvalue weighted by molar-refractivity contribution is 9.09. The fourth-order valence-electron chi connectivity index (χ4n) is 7.56. The molecule has 1 unspecified atom stereocenters. The second-order valence-corrected chi connectivity index (χ2v) is 16.7. The molecule has 0 aliphatic heterocycles. The number of hydrogen-bond donors (Lipinski definition) is 4. The lowest BCUT2D eigenvalue weighted by Crippen LogP contribution is -2.12. The van der Waals surface area contributed by atoms with Crippen molar-refractivity contribution >= 4 is 33.8 Å². The number of benzene rings is 5. The molecule has 0 amide bonds. The summed E-state index contributed by atoms with van der Waals surface area (Å²) >= 11 is 3.15. The number of hydrogen-bond acceptors (Lipinski definition) is 12. The van der Waals surface area contributed by atoms with Crippen molar-refractivity contribution in [3.8, 4) is 51.0 Å². The third-order valence-electron chi connectivity index (χ3n) is 11.1. The molecule has 67 heavy (non-hydrogen) atoms. The maximum absolute atomic E-state index is 12.9. The summed E-state index contributed by atoms with van der Waals surface area (Å²) in [6.07, 6.45) is 6.09. The van der Waals surface area contributed by atoms with Crippen LogP contribution in [-0.2, 0) is 19.1 Å². The number of alkyl halides is 1. The maximum atomic E-state index is 12.9. The van der Waals surface area contributed by atoms with Crippen LogP contribution in [0.25, 0.3) is 22.3 Å². The molecule has 13 heteroatoms. The molecule has 0 heterocycles. The SMILES string of the molecule is C=CC(=O)OCCCCCCOc1ccc(C(=O)Oc2ccc3c(c2)C(C)c2cc(OCCCOC(=O)C(=C)CO)ccc2-3)cc1.CC1c2cc(O)ccc2-c2ccc(O)cc21.OCCCBr. The molecule has 5 aromatic rings. The minimum absolute atomic E-state index is 0.0218. The fraction of sp³-hybridized carbons (Fsp3) is 0.315. The summed E-state index contributed by atoms with van der Waals surface area (Å²) < 4.78 is 27.4. The molecule has 5 aromatic carbocycles. The zero-order valence-electron chi connectivity index (χ0n) is 38.0. The van der Waals surface area contributed by atoms with Gasteiger partial charge >= 0.3 is 17.9 Å². The van der Waals surface area contributed by atoms with Crippen LogP contribution in [0.1, 0.15) is 96.8 Å². The van der Waals surface area contributed by atoms with E-state index in [-0.39, 0.29) is 24.0 Å². The normalized spacial score (nSPS) is 12.6. The molecule has 2 aliphatic carbocycles. The smallest absolute Gasteiger partial charge is 0.343 e. The van der Waals surface area contributed by atoms with Gasteiger partial charge in [0.15, 0.2) is 0 Å². The number of rotatable bonds is 20. The van der Waals surface area contributed by atoms with Gasteiger partial charge in [-0.25, -0.2) is 14.4 Å². The van der Waals surface area contributed by atoms with E-state index in [1.54, 1.807) is 54.6 Å². The Morgan fingerprint density at radius 3 is 1.61 bits per heavy atom. The average Bonchev–Trinajstić information content (AvgIpc) is 3.77. The van der Waals surface area contributed by atoms with E-state index in [4.69, 9.17) is 33.9 Å². The van der Waals surface area contributed by atoms with Gasteiger partial charge in [0.25, 0.3) is 0 Å². The predicted molar refractivity (Wildman–Crippen MR) is 261 cm³/mol. The van der Waals surface area contributed by atoms with Crippen LogP contribution in [0.5, 0.6) is 28.7 Å². The monoisotopic (exact) mass is 978 g/mol. The Balaban J connectivity index is 0.000000326. The highest BCUT2D eigenvalue weighted by atomic mass is 79.9. The molecular weight excluding hydrogens is 920 g/mol. The van der Waals surface area contributed by atoms with E-state index in [1.165, 1.54) is 0 Å². The van der Waals surface area contributed by atoms with Crippen molar-refractivity contribution in [1.29, 1.82) is 0 Å². The summed E-state index contributed by atoms with van der Waals surface area (Å²) in [6, 6.07) is 29.4. The van der Waals surface area contributed by atoms with E-state index >= 15 is 0 Å². The van der Waals surface area contributed by atoms with Crippen LogP contribution >= 0.6 is 15.9 Å². The van der Waals surface area contributed by atoms with Crippen LogP contribution < -0.4 is 14.2 Å². The minimum atomic E-state index is -0.609. The number of aliphatic hydroxyl groups is 2. The number of carbonyl (C=O) groups excluding carboxylic acids is 3. The molecular formula is C54H59BrO12. The van der Waals surface area contributed by atoms with Crippen LogP contribution in [0.2, 0.25) is 0 Å². The van der Waals surface area contributed by atoms with Gasteiger partial charge in [-0.1, -0.05) is 67.2 Å². The second kappa shape index (κ2) is 26.1. The largest absolute Gasteiger partial charge is 0.508 e. The zero-order valence-corrected chi connectivity index (χ0v) is 39.6. The van der Waals surface area contributed by atoms with Crippen LogP contribution in [0.15, 0.2) is 122 Å². The quantitative estimate of drug-likeness (QED) is 0.0191. The first-order valence-corrected chi connectivity index (χ1v) is 23.4. The van der Waals surface area contributed by atoms with Crippen LogP contribution in [0, 0.1) is 0 Å². The molecule has 1 atom stereocenters. The summed E-state index contributed by atoms with van der Waals surface area (Å²) in [7, 11) is 0. The first kappa shape index (κ1) is 51.6. The minimum Gasteiger partial charge on any atom is -0.508 e. The molecule has 0 bridgehead atoms. The molecule has 0 saturated heterocycles. The van der Waals surface area contributed by atoms with E-state index in [0.29, 0.717) is 67.2 Å². The van der Waals surface area contributed by atoms with Crippen molar-refractivity contribution in [3.63, 3.8) is 0 Å². The number of halogens is 1. The fourth-order valence-corrected chi connectivity index (χ4v) is 7.81. The molecule has 354 valence electrons. The van der Waals surface area contributed by atoms with Crippen LogP contribution in [-0.4, -0.2) is 83.3 Å². The maximum Gasteiger partial charge on any atom is 0.343 e. The standard InChI is InChI=1S/C37H40O9.C14H12O2.C3H7BrO/c1-4-35(39)44-19-8-6-5-7-18-42-28-12-10-27(11-13-28)37(41)46-30-15-17-32-31-16-14-29(22-33(31)26(3)34(32)23-30)43-20-9-21-45-36(40)25(2)24-38;1-8-13-6-9(15)2-4-11(13)12-5-3-10(16)7-14(8)12;4-2-1-3-5/h4,10-17,22-23,26,38H,1-2,5-9,18-21,24H2,3H3;2-8,15-16H,1H3;5H,1-3H2. The number of aliphatic hydroxyl groups excluding tert-OH is 2. The van der Waals surface area contributed by atoms with E-state index in [9.17, 15) is 24.6 Å². The molecule has 0 fully saturated rings. The lowest BCUT2D eigenvalue weighted by molar-refractivity contribution is -0.140. The number of carbonyl (C=O) groups is 3. The van der Waals surface area contributed by atoms with Crippen molar-refractivity contribution in [1.82, 2.24) is 0 Å². The highest BCUT2D eigenvalue weighted by Crippen LogP contribution is 2.48. The van der Waals surface area contributed by atoms with Crippen LogP contribution in [0.3, 0.4) is 0 Å². The van der Waals surface area contributed by atoms with Gasteiger partial charge < -0.3 is 44.1 Å². The van der Waals surface area contributed by atoms with Gasteiger partial charge in [-0.15, -0.1) is 0 Å². The summed E-state index contributed by atoms with van der Waals surface area (Å²) in [6.45, 7) is 12.4. The van der Waals surface area contributed by atoms with Crippen molar-refractivity contribution in [2.24, 2.45) is 0 Å². The third kappa shape index (κ3) is 14.5. The van der Waals surface area contributed by atoms with Gasteiger partial charge in [0, 0.05) is 36.3 Å². The van der Waals surface area contributed by atoms with E-state index in [2.05, 4.69) is 42.9 Å². The Kier molecular flexibility index (Phi) is 20.1. The van der Waals surface area contributed by atoms with Gasteiger partial charge in [-0.2, -0.15) is 0 Å². The van der Waals surface area contributed by atoms with E-state index in [0.717, 1.165) is 88.0 Å². The highest BCUT2D eigenvalue weighted by Gasteiger charge is 2.28. The molecule has 4 N–H and O–H groups in total. The third-order valence-corrected chi connectivity index (χ3v) is 11.7. The van der Waals surface area contributed by atoms with Gasteiger partial charge in [-0.3, -0.25) is 0 Å². The number of unbranched alkanes of at least 4 members (excludes halogenated alkanes) is 3. The lowest BCUT2D eigenvalue weighted by atomic mass is 9.99. The Labute approximate surface area is 400 Å². The van der Waals surface area contributed by atoms with Crippen molar-refractivity contribution in [2.45, 2.75) is 64.2 Å². The summed E-state index contributed by atoms with van der Waals surface area (Å²) in [5, 5.41) is 36.9. The van der Waals surface area contributed by atoms with Crippen LogP contribution in [0.4, 0.5) is 0 Å². The average molecular weight is 980 g/mol. The molecule has 2 aliphatic rings.